The van der Waals surface area contributed by atoms with Gasteiger partial charge >= 0.3 is 6.09 Å². The summed E-state index contributed by atoms with van der Waals surface area (Å²) in [7, 11) is -1.47. The van der Waals surface area contributed by atoms with Crippen LogP contribution in [0, 0.1) is 5.41 Å². The Balaban J connectivity index is 1.62. The van der Waals surface area contributed by atoms with Gasteiger partial charge in [-0.3, -0.25) is 0 Å². The number of piperidine rings is 1. The molecular weight excluding hydrogens is 379 g/mol. The van der Waals surface area contributed by atoms with E-state index >= 15 is 0 Å². The minimum atomic E-state index is -1.47. The highest BCUT2D eigenvalue weighted by molar-refractivity contribution is 7.85. The lowest BCUT2D eigenvalue weighted by atomic mass is 9.76. The van der Waals surface area contributed by atoms with Gasteiger partial charge in [-0.15, -0.1) is 0 Å². The summed E-state index contributed by atoms with van der Waals surface area (Å²) in [6.45, 7) is 6.77. The highest BCUT2D eigenvalue weighted by Crippen LogP contribution is 2.46. The third kappa shape index (κ3) is 4.62. The van der Waals surface area contributed by atoms with Crippen LogP contribution in [0.25, 0.3) is 0 Å². The molecule has 7 heteroatoms. The highest BCUT2D eigenvalue weighted by atomic mass is 32.2. The van der Waals surface area contributed by atoms with E-state index in [9.17, 15) is 13.4 Å². The standard InChI is InChI=1S/C21H29FN2O3S/c1-20(2,3)28(26)23-18-17(22)9-10-21(18)11-13-24(14-12-21)19(25)27-15-16-7-5-4-6-8-16/h4-8,17H,9-15H2,1-3H3. The Morgan fingerprint density at radius 2 is 1.89 bits per heavy atom. The molecule has 0 bridgehead atoms. The molecule has 2 fully saturated rings. The maximum atomic E-state index is 14.6. The van der Waals surface area contributed by atoms with E-state index in [0.29, 0.717) is 44.5 Å². The van der Waals surface area contributed by atoms with Crippen molar-refractivity contribution in [1.82, 2.24) is 4.90 Å². The number of ether oxygens (including phenoxy) is 1. The second-order valence-electron chi connectivity index (χ2n) is 8.65. The number of rotatable bonds is 3. The molecule has 2 atom stereocenters. The van der Waals surface area contributed by atoms with Crippen LogP contribution in [0.2, 0.25) is 0 Å². The van der Waals surface area contributed by atoms with E-state index in [1.807, 2.05) is 51.1 Å². The molecule has 5 nitrogen and oxygen atoms in total. The van der Waals surface area contributed by atoms with Crippen molar-refractivity contribution in [2.75, 3.05) is 13.1 Å². The largest absolute Gasteiger partial charge is 0.445 e. The van der Waals surface area contributed by atoms with Gasteiger partial charge in [-0.2, -0.15) is 4.40 Å². The molecule has 0 aromatic heterocycles. The van der Waals surface area contributed by atoms with Gasteiger partial charge in [0.1, 0.15) is 23.8 Å². The van der Waals surface area contributed by atoms with Crippen LogP contribution in [0.3, 0.4) is 0 Å². The molecule has 1 aliphatic heterocycles. The van der Waals surface area contributed by atoms with Crippen molar-refractivity contribution < 1.29 is 18.1 Å². The minimum absolute atomic E-state index is 0.241. The van der Waals surface area contributed by atoms with Crippen LogP contribution in [-0.2, 0) is 22.3 Å². The zero-order valence-corrected chi connectivity index (χ0v) is 17.6. The van der Waals surface area contributed by atoms with Crippen LogP contribution >= 0.6 is 0 Å². The summed E-state index contributed by atoms with van der Waals surface area (Å²) in [6.07, 6.45) is 0.898. The first-order valence-corrected chi connectivity index (χ1v) is 10.9. The van der Waals surface area contributed by atoms with E-state index in [0.717, 1.165) is 5.56 Å². The Morgan fingerprint density at radius 3 is 2.50 bits per heavy atom. The molecule has 0 radical (unpaired) electrons. The average molecular weight is 409 g/mol. The number of nitrogens with zero attached hydrogens (tertiary/aromatic N) is 2. The van der Waals surface area contributed by atoms with E-state index in [1.54, 1.807) is 4.90 Å². The van der Waals surface area contributed by atoms with Crippen molar-refractivity contribution in [2.45, 2.75) is 64.0 Å². The predicted molar refractivity (Wildman–Crippen MR) is 109 cm³/mol. The second-order valence-corrected chi connectivity index (χ2v) is 10.6. The Morgan fingerprint density at radius 1 is 1.25 bits per heavy atom. The van der Waals surface area contributed by atoms with Crippen LogP contribution in [0.4, 0.5) is 9.18 Å². The Hall–Kier alpha value is -1.76. The van der Waals surface area contributed by atoms with Gasteiger partial charge in [0, 0.05) is 18.5 Å². The fourth-order valence-electron chi connectivity index (χ4n) is 3.81. The number of likely N-dealkylation sites (tertiary alicyclic amines) is 1. The molecule has 2 unspecified atom stereocenters. The summed E-state index contributed by atoms with van der Waals surface area (Å²) in [5.74, 6) is 0. The summed E-state index contributed by atoms with van der Waals surface area (Å²) in [6, 6.07) is 9.56. The summed E-state index contributed by atoms with van der Waals surface area (Å²) in [4.78, 5) is 14.1. The number of halogens is 1. The summed E-state index contributed by atoms with van der Waals surface area (Å²) >= 11 is 0. The molecule has 1 saturated heterocycles. The SMILES string of the molecule is CC(C)(C)S(=O)N=C1C(F)CCC12CCN(C(=O)OCc1ccccc1)CC2. The van der Waals surface area contributed by atoms with Gasteiger partial charge in [0.25, 0.3) is 0 Å². The monoisotopic (exact) mass is 408 g/mol. The molecule has 1 aliphatic carbocycles. The molecular formula is C21H29FN2O3S. The number of benzene rings is 1. The number of carbonyl (C=O) groups excluding carboxylic acids is 1. The summed E-state index contributed by atoms with van der Waals surface area (Å²) < 4.78 is 36.2. The van der Waals surface area contributed by atoms with E-state index in [2.05, 4.69) is 4.40 Å². The predicted octanol–water partition coefficient (Wildman–Crippen LogP) is 4.44. The smallest absolute Gasteiger partial charge is 0.410 e. The molecule has 154 valence electrons. The number of carbonyl (C=O) groups is 1. The molecule has 3 rings (SSSR count). The third-order valence-corrected chi connectivity index (χ3v) is 7.02. The molecule has 28 heavy (non-hydrogen) atoms. The average Bonchev–Trinajstić information content (AvgIpc) is 2.96. The molecule has 2 aliphatic rings. The van der Waals surface area contributed by atoms with Crippen molar-refractivity contribution in [3.8, 4) is 0 Å². The van der Waals surface area contributed by atoms with Gasteiger partial charge < -0.3 is 9.64 Å². The quantitative estimate of drug-likeness (QED) is 0.743. The van der Waals surface area contributed by atoms with Crippen LogP contribution in [0.1, 0.15) is 52.0 Å². The van der Waals surface area contributed by atoms with E-state index in [-0.39, 0.29) is 18.1 Å². The van der Waals surface area contributed by atoms with Crippen LogP contribution in [0.5, 0.6) is 0 Å². The molecule has 1 amide bonds. The molecule has 1 aromatic carbocycles. The number of amides is 1. The van der Waals surface area contributed by atoms with Crippen molar-refractivity contribution in [3.05, 3.63) is 35.9 Å². The molecule has 1 saturated carbocycles. The fourth-order valence-corrected chi connectivity index (χ4v) is 4.57. The first kappa shape index (κ1) is 21.0. The van der Waals surface area contributed by atoms with Gasteiger partial charge in [-0.25, -0.2) is 13.4 Å². The van der Waals surface area contributed by atoms with Gasteiger partial charge in [0.2, 0.25) is 0 Å². The van der Waals surface area contributed by atoms with Crippen LogP contribution in [-0.4, -0.2) is 44.9 Å². The summed E-state index contributed by atoms with van der Waals surface area (Å²) in [5.41, 5.74) is 1.01. The Bertz CT molecular complexity index is 753. The molecule has 1 heterocycles. The van der Waals surface area contributed by atoms with Crippen molar-refractivity contribution >= 4 is 22.8 Å². The van der Waals surface area contributed by atoms with Gasteiger partial charge in [0.05, 0.1) is 10.5 Å². The van der Waals surface area contributed by atoms with Crippen LogP contribution < -0.4 is 0 Å². The lowest BCUT2D eigenvalue weighted by Gasteiger charge is -2.39. The number of hydrogen-bond acceptors (Lipinski definition) is 3. The van der Waals surface area contributed by atoms with E-state index in [1.165, 1.54) is 0 Å². The third-order valence-electron chi connectivity index (χ3n) is 5.61. The van der Waals surface area contributed by atoms with Crippen molar-refractivity contribution in [2.24, 2.45) is 9.81 Å². The minimum Gasteiger partial charge on any atom is -0.445 e. The van der Waals surface area contributed by atoms with Gasteiger partial charge in [0.15, 0.2) is 0 Å². The number of alkyl halides is 1. The Kier molecular flexibility index (Phi) is 6.22. The maximum Gasteiger partial charge on any atom is 0.410 e. The fraction of sp³-hybridized carbons (Fsp3) is 0.619. The van der Waals surface area contributed by atoms with Gasteiger partial charge in [-0.05, 0) is 52.0 Å². The first-order chi connectivity index (χ1) is 13.2. The summed E-state index contributed by atoms with van der Waals surface area (Å²) in [5, 5.41) is 0. The molecule has 1 aromatic rings. The van der Waals surface area contributed by atoms with Gasteiger partial charge in [-0.1, -0.05) is 30.3 Å². The van der Waals surface area contributed by atoms with Crippen molar-refractivity contribution in [3.63, 3.8) is 0 Å². The normalized spacial score (nSPS) is 24.5. The molecule has 1 spiro atoms. The maximum absolute atomic E-state index is 14.6. The molecule has 0 N–H and O–H groups in total. The lowest BCUT2D eigenvalue weighted by Crippen LogP contribution is -2.46. The zero-order valence-electron chi connectivity index (χ0n) is 16.8. The lowest BCUT2D eigenvalue weighted by molar-refractivity contribution is 0.0757. The Labute approximate surface area is 168 Å². The topological polar surface area (TPSA) is 59.0 Å². The van der Waals surface area contributed by atoms with E-state index < -0.39 is 21.9 Å². The van der Waals surface area contributed by atoms with Crippen LogP contribution in [0.15, 0.2) is 34.7 Å². The second kappa shape index (κ2) is 8.31. The zero-order chi connectivity index (χ0) is 20.4. The number of hydrogen-bond donors (Lipinski definition) is 0. The van der Waals surface area contributed by atoms with Crippen molar-refractivity contribution in [1.29, 1.82) is 0 Å². The first-order valence-electron chi connectivity index (χ1n) is 9.82. The van der Waals surface area contributed by atoms with E-state index in [4.69, 9.17) is 4.74 Å². The highest BCUT2D eigenvalue weighted by Gasteiger charge is 2.48.